The van der Waals surface area contributed by atoms with Crippen molar-refractivity contribution >= 4 is 11.6 Å². The van der Waals surface area contributed by atoms with Crippen molar-refractivity contribution in [1.82, 2.24) is 14.8 Å². The first-order valence-electron chi connectivity index (χ1n) is 6.57. The number of amides is 1. The quantitative estimate of drug-likeness (QED) is 0.800. The average molecular weight is 298 g/mol. The molecular weight excluding hydrogens is 284 g/mol. The Kier molecular flexibility index (Phi) is 3.61. The van der Waals surface area contributed by atoms with Crippen molar-refractivity contribution in [1.29, 1.82) is 0 Å². The maximum absolute atomic E-state index is 12.3. The normalized spacial score (nSPS) is 10.5. The van der Waals surface area contributed by atoms with E-state index >= 15 is 0 Å². The molecular formula is C15H14N4O3. The summed E-state index contributed by atoms with van der Waals surface area (Å²) in [5.41, 5.74) is 2.11. The number of benzene rings is 1. The van der Waals surface area contributed by atoms with Gasteiger partial charge in [0.15, 0.2) is 5.76 Å². The highest BCUT2D eigenvalue weighted by Crippen LogP contribution is 2.27. The molecule has 0 aliphatic rings. The summed E-state index contributed by atoms with van der Waals surface area (Å²) in [7, 11) is 1.54. The van der Waals surface area contributed by atoms with Gasteiger partial charge in [0.1, 0.15) is 18.4 Å². The van der Waals surface area contributed by atoms with E-state index in [1.54, 1.807) is 42.5 Å². The van der Waals surface area contributed by atoms with E-state index < -0.39 is 0 Å². The lowest BCUT2D eigenvalue weighted by Crippen LogP contribution is -2.13. The minimum atomic E-state index is -0.332. The molecule has 3 rings (SSSR count). The number of aryl methyl sites for hydroxylation is 1. The molecule has 22 heavy (non-hydrogen) atoms. The van der Waals surface area contributed by atoms with Crippen molar-refractivity contribution in [2.24, 2.45) is 0 Å². The Morgan fingerprint density at radius 1 is 1.27 bits per heavy atom. The Morgan fingerprint density at radius 3 is 2.68 bits per heavy atom. The first-order valence-corrected chi connectivity index (χ1v) is 6.57. The van der Waals surface area contributed by atoms with E-state index in [4.69, 9.17) is 9.15 Å². The lowest BCUT2D eigenvalue weighted by atomic mass is 10.2. The number of ether oxygens (including phenoxy) is 1. The molecule has 0 aliphatic heterocycles. The number of anilines is 1. The molecule has 112 valence electrons. The molecule has 0 saturated carbocycles. The van der Waals surface area contributed by atoms with Crippen LogP contribution in [0.25, 0.3) is 5.69 Å². The van der Waals surface area contributed by atoms with Crippen LogP contribution in [0.15, 0.2) is 47.6 Å². The Labute approximate surface area is 126 Å². The minimum absolute atomic E-state index is 0.275. The van der Waals surface area contributed by atoms with Gasteiger partial charge in [0.2, 0.25) is 0 Å². The molecule has 0 fully saturated rings. The summed E-state index contributed by atoms with van der Waals surface area (Å²) in [4.78, 5) is 12.3. The van der Waals surface area contributed by atoms with Crippen LogP contribution in [0.5, 0.6) is 5.75 Å². The van der Waals surface area contributed by atoms with E-state index in [0.717, 1.165) is 11.3 Å². The van der Waals surface area contributed by atoms with Crippen LogP contribution in [0.1, 0.15) is 16.1 Å². The number of hydrogen-bond donors (Lipinski definition) is 1. The Balaban J connectivity index is 1.93. The number of methoxy groups -OCH3 is 1. The van der Waals surface area contributed by atoms with E-state index in [-0.39, 0.29) is 11.7 Å². The van der Waals surface area contributed by atoms with Crippen molar-refractivity contribution in [2.75, 3.05) is 12.4 Å². The number of nitrogens with one attached hydrogen (secondary N) is 1. The van der Waals surface area contributed by atoms with Crippen molar-refractivity contribution in [3.63, 3.8) is 0 Å². The second kappa shape index (κ2) is 5.72. The molecule has 7 nitrogen and oxygen atoms in total. The standard InChI is InChI=1S/C15H14N4O3/c1-10-5-6-22-14(10)15(20)18-12-7-11(3-4-13(12)21-2)19-8-16-17-9-19/h3-9H,1-2H3,(H,18,20). The summed E-state index contributed by atoms with van der Waals surface area (Å²) in [6, 6.07) is 7.12. The van der Waals surface area contributed by atoms with Gasteiger partial charge in [0.25, 0.3) is 5.91 Å². The van der Waals surface area contributed by atoms with E-state index in [0.29, 0.717) is 11.4 Å². The topological polar surface area (TPSA) is 82.2 Å². The molecule has 0 radical (unpaired) electrons. The Morgan fingerprint density at radius 2 is 2.05 bits per heavy atom. The number of carbonyl (C=O) groups excluding carboxylic acids is 1. The maximum Gasteiger partial charge on any atom is 0.291 e. The van der Waals surface area contributed by atoms with E-state index in [1.165, 1.54) is 6.26 Å². The number of carbonyl (C=O) groups is 1. The molecule has 1 amide bonds. The summed E-state index contributed by atoms with van der Waals surface area (Å²) in [5, 5.41) is 10.3. The van der Waals surface area contributed by atoms with Gasteiger partial charge in [-0.15, -0.1) is 10.2 Å². The molecule has 0 atom stereocenters. The molecule has 0 aliphatic carbocycles. The van der Waals surface area contributed by atoms with Gasteiger partial charge in [-0.25, -0.2) is 0 Å². The van der Waals surface area contributed by atoms with Crippen LogP contribution < -0.4 is 10.1 Å². The smallest absolute Gasteiger partial charge is 0.291 e. The first-order chi connectivity index (χ1) is 10.7. The fourth-order valence-electron chi connectivity index (χ4n) is 2.07. The van der Waals surface area contributed by atoms with Crippen molar-refractivity contribution in [3.8, 4) is 11.4 Å². The average Bonchev–Trinajstić information content (AvgIpc) is 3.18. The zero-order chi connectivity index (χ0) is 15.5. The van der Waals surface area contributed by atoms with E-state index in [1.807, 2.05) is 13.0 Å². The molecule has 2 heterocycles. The molecule has 7 heteroatoms. The molecule has 1 N–H and O–H groups in total. The van der Waals surface area contributed by atoms with Crippen molar-refractivity contribution < 1.29 is 13.9 Å². The summed E-state index contributed by atoms with van der Waals surface area (Å²) in [5.74, 6) is 0.493. The molecule has 0 saturated heterocycles. The maximum atomic E-state index is 12.3. The van der Waals surface area contributed by atoms with E-state index in [2.05, 4.69) is 15.5 Å². The number of aromatic nitrogens is 3. The van der Waals surface area contributed by atoms with Crippen molar-refractivity contribution in [3.05, 3.63) is 54.5 Å². The summed E-state index contributed by atoms with van der Waals surface area (Å²) in [6.45, 7) is 1.81. The van der Waals surface area contributed by atoms with Gasteiger partial charge in [-0.2, -0.15) is 0 Å². The molecule has 0 spiro atoms. The number of nitrogens with zero attached hydrogens (tertiary/aromatic N) is 3. The molecule has 2 aromatic heterocycles. The Hall–Kier alpha value is -3.09. The summed E-state index contributed by atoms with van der Waals surface area (Å²) >= 11 is 0. The van der Waals surface area contributed by atoms with Crippen LogP contribution in [0, 0.1) is 6.92 Å². The van der Waals surface area contributed by atoms with Crippen LogP contribution >= 0.6 is 0 Å². The monoisotopic (exact) mass is 298 g/mol. The van der Waals surface area contributed by atoms with Crippen LogP contribution in [0.4, 0.5) is 5.69 Å². The van der Waals surface area contributed by atoms with Gasteiger partial charge in [-0.3, -0.25) is 9.36 Å². The second-order valence-corrected chi connectivity index (χ2v) is 4.64. The fraction of sp³-hybridized carbons (Fsp3) is 0.133. The van der Waals surface area contributed by atoms with Crippen LogP contribution in [0.3, 0.4) is 0 Å². The Bertz CT molecular complexity index is 793. The molecule has 0 bridgehead atoms. The third-order valence-corrected chi connectivity index (χ3v) is 3.22. The zero-order valence-corrected chi connectivity index (χ0v) is 12.1. The molecule has 3 aromatic rings. The zero-order valence-electron chi connectivity index (χ0n) is 12.1. The highest BCUT2D eigenvalue weighted by Gasteiger charge is 2.15. The van der Waals surface area contributed by atoms with Gasteiger partial charge < -0.3 is 14.5 Å². The second-order valence-electron chi connectivity index (χ2n) is 4.64. The number of rotatable bonds is 4. The van der Waals surface area contributed by atoms with Gasteiger partial charge in [-0.05, 0) is 31.2 Å². The van der Waals surface area contributed by atoms with Crippen LogP contribution in [-0.4, -0.2) is 27.8 Å². The lowest BCUT2D eigenvalue weighted by Gasteiger charge is -2.11. The lowest BCUT2D eigenvalue weighted by molar-refractivity contribution is 0.0995. The molecule has 0 unspecified atom stereocenters. The molecule has 1 aromatic carbocycles. The number of furan rings is 1. The number of hydrogen-bond acceptors (Lipinski definition) is 5. The summed E-state index contributed by atoms with van der Waals surface area (Å²) < 4.78 is 12.2. The first kappa shape index (κ1) is 13.9. The predicted octanol–water partition coefficient (Wildman–Crippen LogP) is 2.43. The third-order valence-electron chi connectivity index (χ3n) is 3.22. The van der Waals surface area contributed by atoms with Gasteiger partial charge in [0.05, 0.1) is 24.7 Å². The van der Waals surface area contributed by atoms with Gasteiger partial charge in [0, 0.05) is 5.56 Å². The van der Waals surface area contributed by atoms with Gasteiger partial charge >= 0.3 is 0 Å². The van der Waals surface area contributed by atoms with Crippen molar-refractivity contribution in [2.45, 2.75) is 6.92 Å². The van der Waals surface area contributed by atoms with Crippen LogP contribution in [0.2, 0.25) is 0 Å². The van der Waals surface area contributed by atoms with Crippen LogP contribution in [-0.2, 0) is 0 Å². The fourth-order valence-corrected chi connectivity index (χ4v) is 2.07. The predicted molar refractivity (Wildman–Crippen MR) is 79.3 cm³/mol. The largest absolute Gasteiger partial charge is 0.495 e. The van der Waals surface area contributed by atoms with E-state index in [9.17, 15) is 4.79 Å². The minimum Gasteiger partial charge on any atom is -0.495 e. The highest BCUT2D eigenvalue weighted by atomic mass is 16.5. The highest BCUT2D eigenvalue weighted by molar-refractivity contribution is 6.04. The summed E-state index contributed by atoms with van der Waals surface area (Å²) in [6.07, 6.45) is 4.63. The SMILES string of the molecule is COc1ccc(-n2cnnc2)cc1NC(=O)c1occc1C. The van der Waals surface area contributed by atoms with Gasteiger partial charge in [-0.1, -0.05) is 0 Å². The third kappa shape index (κ3) is 2.56.